The number of nitrogens with zero attached hydrogens (tertiary/aromatic N) is 2. The first kappa shape index (κ1) is 17.2. The molecule has 22 heavy (non-hydrogen) atoms. The second-order valence-electron chi connectivity index (χ2n) is 6.39. The lowest BCUT2D eigenvalue weighted by atomic mass is 9.96. The molecule has 0 aliphatic carbocycles. The quantitative estimate of drug-likeness (QED) is 0.917. The summed E-state index contributed by atoms with van der Waals surface area (Å²) >= 11 is 0. The van der Waals surface area contributed by atoms with Crippen LogP contribution < -0.4 is 4.90 Å². The Morgan fingerprint density at radius 2 is 2.00 bits per heavy atom. The zero-order valence-corrected chi connectivity index (χ0v) is 14.6. The molecule has 1 aromatic rings. The second kappa shape index (κ2) is 6.56. The van der Waals surface area contributed by atoms with Crippen molar-refractivity contribution in [3.63, 3.8) is 0 Å². The number of piperidine rings is 1. The molecular formula is C16H26N2O3S. The number of aryl methyl sites for hydroxylation is 1. The Morgan fingerprint density at radius 1 is 1.32 bits per heavy atom. The molecule has 2 atom stereocenters. The Hall–Kier alpha value is -1.11. The van der Waals surface area contributed by atoms with Gasteiger partial charge in [0.1, 0.15) is 0 Å². The maximum Gasteiger partial charge on any atom is 0.243 e. The van der Waals surface area contributed by atoms with Crippen molar-refractivity contribution in [3.8, 4) is 0 Å². The maximum atomic E-state index is 13.0. The number of sulfonamides is 1. The highest BCUT2D eigenvalue weighted by Crippen LogP contribution is 2.30. The van der Waals surface area contributed by atoms with E-state index in [1.54, 1.807) is 16.4 Å². The van der Waals surface area contributed by atoms with Gasteiger partial charge in [-0.15, -0.1) is 0 Å². The first-order chi connectivity index (χ1) is 10.3. The number of benzene rings is 1. The molecule has 0 bridgehead atoms. The van der Waals surface area contributed by atoms with E-state index >= 15 is 0 Å². The molecule has 0 aromatic heterocycles. The average Bonchev–Trinajstić information content (AvgIpc) is 2.47. The van der Waals surface area contributed by atoms with Gasteiger partial charge in [-0.1, -0.05) is 6.07 Å². The molecule has 1 heterocycles. The van der Waals surface area contributed by atoms with Crippen molar-refractivity contribution in [1.29, 1.82) is 0 Å². The average molecular weight is 326 g/mol. The third-order valence-electron chi connectivity index (χ3n) is 4.45. The van der Waals surface area contributed by atoms with E-state index in [0.717, 1.165) is 24.1 Å². The van der Waals surface area contributed by atoms with E-state index in [0.29, 0.717) is 11.4 Å². The van der Waals surface area contributed by atoms with Gasteiger partial charge in [-0.2, -0.15) is 4.31 Å². The van der Waals surface area contributed by atoms with E-state index in [2.05, 4.69) is 0 Å². The van der Waals surface area contributed by atoms with Crippen LogP contribution in [0.1, 0.15) is 25.3 Å². The minimum absolute atomic E-state index is 0.0306. The van der Waals surface area contributed by atoms with Crippen LogP contribution >= 0.6 is 0 Å². The molecule has 0 radical (unpaired) electrons. The minimum Gasteiger partial charge on any atom is -0.396 e. The summed E-state index contributed by atoms with van der Waals surface area (Å²) in [6.45, 7) is 4.34. The summed E-state index contributed by atoms with van der Waals surface area (Å²) in [6, 6.07) is 5.23. The standard InChI is InChI=1S/C16H26N2O3S/c1-12-5-8-15(9-16(12)17(3)4)22(20,21)18-10-14(11-19)7-6-13(18)2/h5,8-9,13-14,19H,6-7,10-11H2,1-4H3. The van der Waals surface area contributed by atoms with E-state index in [4.69, 9.17) is 0 Å². The topological polar surface area (TPSA) is 60.9 Å². The summed E-state index contributed by atoms with van der Waals surface area (Å²) in [5.74, 6) is 0.0322. The predicted molar refractivity (Wildman–Crippen MR) is 88.7 cm³/mol. The second-order valence-corrected chi connectivity index (χ2v) is 8.28. The van der Waals surface area contributed by atoms with E-state index < -0.39 is 10.0 Å². The third-order valence-corrected chi connectivity index (χ3v) is 6.43. The predicted octanol–water partition coefficient (Wildman–Crippen LogP) is 1.84. The normalized spacial score (nSPS) is 23.5. The fourth-order valence-electron chi connectivity index (χ4n) is 3.00. The number of anilines is 1. The van der Waals surface area contributed by atoms with Crippen molar-refractivity contribution in [2.75, 3.05) is 32.1 Å². The molecule has 1 N–H and O–H groups in total. The number of aliphatic hydroxyl groups excluding tert-OH is 1. The summed E-state index contributed by atoms with van der Waals surface area (Å²) in [4.78, 5) is 2.25. The van der Waals surface area contributed by atoms with Crippen molar-refractivity contribution < 1.29 is 13.5 Å². The number of hydrogen-bond donors (Lipinski definition) is 1. The van der Waals surface area contributed by atoms with Crippen LogP contribution in [0.5, 0.6) is 0 Å². The molecular weight excluding hydrogens is 300 g/mol. The van der Waals surface area contributed by atoms with Crippen LogP contribution in [0.2, 0.25) is 0 Å². The highest BCUT2D eigenvalue weighted by Gasteiger charge is 2.34. The Kier molecular flexibility index (Phi) is 5.14. The summed E-state index contributed by atoms with van der Waals surface area (Å²) in [6.07, 6.45) is 1.66. The highest BCUT2D eigenvalue weighted by atomic mass is 32.2. The molecule has 124 valence electrons. The lowest BCUT2D eigenvalue weighted by molar-refractivity contribution is 0.139. The number of rotatable bonds is 4. The van der Waals surface area contributed by atoms with Gasteiger partial charge in [-0.3, -0.25) is 0 Å². The van der Waals surface area contributed by atoms with Gasteiger partial charge in [0.25, 0.3) is 0 Å². The third kappa shape index (κ3) is 3.29. The molecule has 5 nitrogen and oxygen atoms in total. The van der Waals surface area contributed by atoms with Gasteiger partial charge in [0, 0.05) is 39.0 Å². The monoisotopic (exact) mass is 326 g/mol. The van der Waals surface area contributed by atoms with Crippen LogP contribution in [-0.4, -0.2) is 51.1 Å². The van der Waals surface area contributed by atoms with Gasteiger partial charge in [0.2, 0.25) is 10.0 Å². The van der Waals surface area contributed by atoms with Crippen molar-refractivity contribution in [2.24, 2.45) is 5.92 Å². The van der Waals surface area contributed by atoms with E-state index in [-0.39, 0.29) is 18.6 Å². The zero-order chi connectivity index (χ0) is 16.5. The first-order valence-corrected chi connectivity index (χ1v) is 9.12. The van der Waals surface area contributed by atoms with Gasteiger partial charge in [-0.05, 0) is 50.3 Å². The summed E-state index contributed by atoms with van der Waals surface area (Å²) in [5, 5.41) is 9.36. The van der Waals surface area contributed by atoms with Gasteiger partial charge in [-0.25, -0.2) is 8.42 Å². The molecule has 2 unspecified atom stereocenters. The smallest absolute Gasteiger partial charge is 0.243 e. The van der Waals surface area contributed by atoms with Crippen LogP contribution in [0, 0.1) is 12.8 Å². The maximum absolute atomic E-state index is 13.0. The van der Waals surface area contributed by atoms with Crippen molar-refractivity contribution in [3.05, 3.63) is 23.8 Å². The minimum atomic E-state index is -3.53. The Morgan fingerprint density at radius 3 is 2.59 bits per heavy atom. The van der Waals surface area contributed by atoms with Crippen LogP contribution in [0.25, 0.3) is 0 Å². The molecule has 1 aromatic carbocycles. The lowest BCUT2D eigenvalue weighted by Gasteiger charge is -2.36. The van der Waals surface area contributed by atoms with Crippen LogP contribution in [-0.2, 0) is 10.0 Å². The van der Waals surface area contributed by atoms with Crippen LogP contribution in [0.3, 0.4) is 0 Å². The molecule has 2 rings (SSSR count). The molecule has 1 aliphatic rings. The summed E-state index contributed by atoms with van der Waals surface area (Å²) < 4.78 is 27.5. The fourth-order valence-corrected chi connectivity index (χ4v) is 4.76. The number of hydrogen-bond acceptors (Lipinski definition) is 4. The van der Waals surface area contributed by atoms with E-state index in [1.165, 1.54) is 0 Å². The molecule has 0 amide bonds. The molecule has 1 saturated heterocycles. The van der Waals surface area contributed by atoms with Crippen LogP contribution in [0.15, 0.2) is 23.1 Å². The molecule has 1 aliphatic heterocycles. The fraction of sp³-hybridized carbons (Fsp3) is 0.625. The van der Waals surface area contributed by atoms with Gasteiger partial charge < -0.3 is 10.0 Å². The molecule has 0 saturated carbocycles. The first-order valence-electron chi connectivity index (χ1n) is 7.68. The molecule has 0 spiro atoms. The van der Waals surface area contributed by atoms with Crippen molar-refractivity contribution in [2.45, 2.75) is 37.6 Å². The van der Waals surface area contributed by atoms with Crippen molar-refractivity contribution in [1.82, 2.24) is 4.31 Å². The highest BCUT2D eigenvalue weighted by molar-refractivity contribution is 7.89. The Balaban J connectivity index is 2.39. The number of aliphatic hydroxyl groups is 1. The molecule has 1 fully saturated rings. The van der Waals surface area contributed by atoms with Crippen LogP contribution in [0.4, 0.5) is 5.69 Å². The zero-order valence-electron chi connectivity index (χ0n) is 13.8. The Bertz CT molecular complexity index is 628. The lowest BCUT2D eigenvalue weighted by Crippen LogP contribution is -2.46. The van der Waals surface area contributed by atoms with E-state index in [9.17, 15) is 13.5 Å². The van der Waals surface area contributed by atoms with E-state index in [1.807, 2.05) is 38.9 Å². The summed E-state index contributed by atoms with van der Waals surface area (Å²) in [5.41, 5.74) is 1.95. The van der Waals surface area contributed by atoms with Crippen molar-refractivity contribution >= 4 is 15.7 Å². The Labute approximate surface area is 133 Å². The largest absolute Gasteiger partial charge is 0.396 e. The molecule has 6 heteroatoms. The van der Waals surface area contributed by atoms with Gasteiger partial charge in [0.05, 0.1) is 4.90 Å². The SMILES string of the molecule is Cc1ccc(S(=O)(=O)N2CC(CO)CCC2C)cc1N(C)C. The summed E-state index contributed by atoms with van der Waals surface area (Å²) in [7, 11) is 0.282. The van der Waals surface area contributed by atoms with Gasteiger partial charge >= 0.3 is 0 Å². The van der Waals surface area contributed by atoms with Gasteiger partial charge in [0.15, 0.2) is 0 Å².